The molecule has 0 unspecified atom stereocenters. The van der Waals surface area contributed by atoms with Gasteiger partial charge in [-0.15, -0.1) is 0 Å². The van der Waals surface area contributed by atoms with Gasteiger partial charge in [0.05, 0.1) is 17.5 Å². The fourth-order valence-electron chi connectivity index (χ4n) is 3.71. The normalized spacial score (nSPS) is 19.4. The minimum Gasteiger partial charge on any atom is -0.369 e. The second kappa shape index (κ2) is 8.67. The lowest BCUT2D eigenvalue weighted by Gasteiger charge is -2.26. The molecule has 0 saturated heterocycles. The van der Waals surface area contributed by atoms with Crippen molar-refractivity contribution in [2.75, 3.05) is 11.9 Å². The first-order valence-corrected chi connectivity index (χ1v) is 9.47. The topological polar surface area (TPSA) is 110 Å². The van der Waals surface area contributed by atoms with Crippen molar-refractivity contribution < 1.29 is 4.79 Å². The zero-order valence-electron chi connectivity index (χ0n) is 15.7. The van der Waals surface area contributed by atoms with E-state index in [0.29, 0.717) is 24.0 Å². The van der Waals surface area contributed by atoms with Gasteiger partial charge in [0.1, 0.15) is 6.07 Å². The molecule has 1 fully saturated rings. The Morgan fingerprint density at radius 1 is 1.41 bits per heavy atom. The van der Waals surface area contributed by atoms with E-state index >= 15 is 0 Å². The number of carbonyl (C=O) groups excluding carboxylic acids is 1. The summed E-state index contributed by atoms with van der Waals surface area (Å²) in [6.45, 7) is 3.61. The number of primary amides is 1. The molecule has 1 aliphatic carbocycles. The zero-order chi connectivity index (χ0) is 19.2. The number of aryl methyl sites for hydroxylation is 1. The van der Waals surface area contributed by atoms with Crippen LogP contribution in [0.15, 0.2) is 24.5 Å². The molecule has 2 heterocycles. The number of carbonyl (C=O) groups is 1. The summed E-state index contributed by atoms with van der Waals surface area (Å²) in [5.74, 6) is 0.784. The molecule has 1 saturated carbocycles. The molecular weight excluding hydrogens is 340 g/mol. The minimum absolute atomic E-state index is 0.00328. The third-order valence-electron chi connectivity index (χ3n) is 5.41. The van der Waals surface area contributed by atoms with Crippen molar-refractivity contribution in [1.82, 2.24) is 14.5 Å². The van der Waals surface area contributed by atoms with E-state index in [1.165, 1.54) is 5.69 Å². The van der Waals surface area contributed by atoms with Crippen LogP contribution in [0.1, 0.15) is 42.6 Å². The molecule has 27 heavy (non-hydrogen) atoms. The van der Waals surface area contributed by atoms with Gasteiger partial charge in [0.25, 0.3) is 0 Å². The maximum atomic E-state index is 11.3. The van der Waals surface area contributed by atoms with Gasteiger partial charge in [-0.2, -0.15) is 5.26 Å². The van der Waals surface area contributed by atoms with Gasteiger partial charge >= 0.3 is 0 Å². The summed E-state index contributed by atoms with van der Waals surface area (Å²) in [4.78, 5) is 20.2. The maximum Gasteiger partial charge on any atom is 0.222 e. The molecule has 2 aromatic rings. The number of nitriles is 1. The van der Waals surface area contributed by atoms with Crippen molar-refractivity contribution in [3.63, 3.8) is 0 Å². The van der Waals surface area contributed by atoms with Crippen LogP contribution in [0, 0.1) is 30.1 Å². The van der Waals surface area contributed by atoms with Crippen molar-refractivity contribution in [2.45, 2.75) is 45.6 Å². The number of aromatic nitrogens is 3. The third-order valence-corrected chi connectivity index (χ3v) is 5.41. The summed E-state index contributed by atoms with van der Waals surface area (Å²) in [5, 5.41) is 12.6. The van der Waals surface area contributed by atoms with Crippen LogP contribution in [0.2, 0.25) is 0 Å². The van der Waals surface area contributed by atoms with Crippen LogP contribution in [0.3, 0.4) is 0 Å². The van der Waals surface area contributed by atoms with Crippen LogP contribution in [0.4, 0.5) is 5.95 Å². The molecule has 3 N–H and O–H groups in total. The highest BCUT2D eigenvalue weighted by molar-refractivity contribution is 5.76. The highest BCUT2D eigenvalue weighted by Gasteiger charge is 2.25. The van der Waals surface area contributed by atoms with E-state index in [1.807, 2.05) is 12.3 Å². The van der Waals surface area contributed by atoms with Crippen molar-refractivity contribution in [1.29, 1.82) is 5.26 Å². The van der Waals surface area contributed by atoms with Gasteiger partial charge in [-0.05, 0) is 57.1 Å². The van der Waals surface area contributed by atoms with Crippen LogP contribution in [0.25, 0.3) is 0 Å². The number of hydrogen-bond donors (Lipinski definition) is 2. The molecule has 0 aliphatic heterocycles. The molecule has 0 spiro atoms. The van der Waals surface area contributed by atoms with E-state index in [4.69, 9.17) is 5.73 Å². The first-order chi connectivity index (χ1) is 13.1. The maximum absolute atomic E-state index is 11.3. The quantitative estimate of drug-likeness (QED) is 0.782. The summed E-state index contributed by atoms with van der Waals surface area (Å²) < 4.78 is 2.16. The van der Waals surface area contributed by atoms with Gasteiger partial charge in [0.2, 0.25) is 11.9 Å². The van der Waals surface area contributed by atoms with E-state index in [1.54, 1.807) is 6.20 Å². The molecule has 142 valence electrons. The van der Waals surface area contributed by atoms with Crippen LogP contribution in [-0.4, -0.2) is 27.0 Å². The minimum atomic E-state index is -0.197. The van der Waals surface area contributed by atoms with Crippen LogP contribution < -0.4 is 11.1 Å². The Hall–Kier alpha value is -2.88. The molecule has 1 aliphatic rings. The predicted octanol–water partition coefficient (Wildman–Crippen LogP) is 2.40. The van der Waals surface area contributed by atoms with E-state index in [9.17, 15) is 10.1 Å². The Labute approximate surface area is 159 Å². The standard InChI is InChI=1S/C20H26N6O/c1-14-3-2-9-26(14)10-8-23-20-24-13-17(12-21)18(25-20)11-15-4-6-16(7-5-15)19(22)27/h2-3,9,13,15-16H,4-8,10-11H2,1H3,(H2,22,27)(H,23,24,25). The molecule has 7 nitrogen and oxygen atoms in total. The summed E-state index contributed by atoms with van der Waals surface area (Å²) in [5.41, 5.74) is 7.94. The Bertz CT molecular complexity index is 829. The van der Waals surface area contributed by atoms with Crippen molar-refractivity contribution in [3.05, 3.63) is 41.5 Å². The lowest BCUT2D eigenvalue weighted by atomic mass is 9.79. The van der Waals surface area contributed by atoms with Gasteiger partial charge in [-0.1, -0.05) is 0 Å². The van der Waals surface area contributed by atoms with Gasteiger partial charge < -0.3 is 15.6 Å². The number of anilines is 1. The summed E-state index contributed by atoms with van der Waals surface area (Å²) in [7, 11) is 0. The second-order valence-electron chi connectivity index (χ2n) is 7.26. The summed E-state index contributed by atoms with van der Waals surface area (Å²) in [6, 6.07) is 6.29. The van der Waals surface area contributed by atoms with Gasteiger partial charge in [-0.3, -0.25) is 4.79 Å². The first-order valence-electron chi connectivity index (χ1n) is 9.47. The number of amides is 1. The molecule has 0 radical (unpaired) electrons. The van der Waals surface area contributed by atoms with E-state index in [-0.39, 0.29) is 11.8 Å². The van der Waals surface area contributed by atoms with E-state index in [2.05, 4.69) is 38.9 Å². The predicted molar refractivity (Wildman–Crippen MR) is 103 cm³/mol. The van der Waals surface area contributed by atoms with Gasteiger partial charge in [-0.25, -0.2) is 9.97 Å². The van der Waals surface area contributed by atoms with Crippen LogP contribution >= 0.6 is 0 Å². The Kier molecular flexibility index (Phi) is 6.07. The molecule has 7 heteroatoms. The SMILES string of the molecule is Cc1cccn1CCNc1ncc(C#N)c(CC2CCC(C(N)=O)CC2)n1. The molecular formula is C20H26N6O. The fourth-order valence-corrected chi connectivity index (χ4v) is 3.71. The lowest BCUT2D eigenvalue weighted by Crippen LogP contribution is -2.28. The number of nitrogens with two attached hydrogens (primary N) is 1. The molecule has 2 aromatic heterocycles. The summed E-state index contributed by atoms with van der Waals surface area (Å²) in [6.07, 6.45) is 7.92. The monoisotopic (exact) mass is 366 g/mol. The van der Waals surface area contributed by atoms with Gasteiger partial charge in [0.15, 0.2) is 0 Å². The van der Waals surface area contributed by atoms with E-state index in [0.717, 1.165) is 44.3 Å². The van der Waals surface area contributed by atoms with Gasteiger partial charge in [0, 0.05) is 30.9 Å². The Balaban J connectivity index is 1.59. The number of nitrogens with one attached hydrogen (secondary N) is 1. The molecule has 0 atom stereocenters. The fraction of sp³-hybridized carbons (Fsp3) is 0.500. The van der Waals surface area contributed by atoms with E-state index < -0.39 is 0 Å². The van der Waals surface area contributed by atoms with Crippen molar-refractivity contribution in [3.8, 4) is 6.07 Å². The van der Waals surface area contributed by atoms with Crippen LogP contribution in [0.5, 0.6) is 0 Å². The highest BCUT2D eigenvalue weighted by atomic mass is 16.1. The van der Waals surface area contributed by atoms with Crippen LogP contribution in [-0.2, 0) is 17.8 Å². The Morgan fingerprint density at radius 2 is 2.19 bits per heavy atom. The average Bonchev–Trinajstić information content (AvgIpc) is 3.07. The van der Waals surface area contributed by atoms with Crippen molar-refractivity contribution >= 4 is 11.9 Å². The third kappa shape index (κ3) is 4.85. The second-order valence-corrected chi connectivity index (χ2v) is 7.26. The molecule has 0 bridgehead atoms. The lowest BCUT2D eigenvalue weighted by molar-refractivity contribution is -0.122. The molecule has 1 amide bonds. The molecule has 0 aromatic carbocycles. The average molecular weight is 366 g/mol. The highest BCUT2D eigenvalue weighted by Crippen LogP contribution is 2.31. The summed E-state index contributed by atoms with van der Waals surface area (Å²) >= 11 is 0. The number of hydrogen-bond acceptors (Lipinski definition) is 5. The smallest absolute Gasteiger partial charge is 0.222 e. The number of nitrogens with zero attached hydrogens (tertiary/aromatic N) is 4. The Morgan fingerprint density at radius 3 is 2.81 bits per heavy atom. The largest absolute Gasteiger partial charge is 0.369 e. The zero-order valence-corrected chi connectivity index (χ0v) is 15.7. The molecule has 3 rings (SSSR count). The first kappa shape index (κ1) is 18.9. The van der Waals surface area contributed by atoms with Crippen molar-refractivity contribution in [2.24, 2.45) is 17.6 Å². The number of rotatable bonds is 7.